The average molecular weight is 759 g/mol. The molecule has 0 unspecified atom stereocenters. The molecule has 0 aliphatic heterocycles. The van der Waals surface area contributed by atoms with Gasteiger partial charge in [-0.15, -0.1) is 0 Å². The van der Waals surface area contributed by atoms with Gasteiger partial charge in [-0.1, -0.05) is 0 Å². The molecule has 2 rings (SSSR count). The topological polar surface area (TPSA) is 242 Å². The second kappa shape index (κ2) is 17.9. The summed E-state index contributed by atoms with van der Waals surface area (Å²) in [6.45, 7) is 9.71. The SMILES string of the molecule is CC(=O)NP(NC(C)=O)[PH](NC(C)=O)(NC(C)=O)c1ccccc1Oc1ccccc1[PH](NC(C)=O)(NC(C)=O)P(NC(C)=O)NC(C)=O. The van der Waals surface area contributed by atoms with Crippen LogP contribution in [0.4, 0.5) is 0 Å². The van der Waals surface area contributed by atoms with Crippen LogP contribution in [0, 0.1) is 0 Å². The molecule has 2 aromatic rings. The molecule has 17 nitrogen and oxygen atoms in total. The summed E-state index contributed by atoms with van der Waals surface area (Å²) in [4.78, 5) is 101. The van der Waals surface area contributed by atoms with E-state index >= 15 is 0 Å². The third-order valence-corrected chi connectivity index (χ3v) is 22.8. The van der Waals surface area contributed by atoms with Gasteiger partial charge in [0, 0.05) is 0 Å². The van der Waals surface area contributed by atoms with E-state index < -0.39 is 77.6 Å². The standard InChI is InChI=1S/C28H42N8O9P4/c1-17(37)29-46(30-18(2)38)48(33-21(5)41,34-22(6)42)27-15-11-9-13-25(27)45-26-14-10-12-16-28(26)49(35-23(7)43,36-24(8)44)47(31-19(3)39)32-20(4)40/h9-16,48-49H,1-8H3,(H,29,37)(H,30,38)(H,31,39)(H,32,40)(H,33,41)(H,34,42)(H,35,43)(H,36,44). The summed E-state index contributed by atoms with van der Waals surface area (Å²) in [7, 11) is -12.6. The molecule has 0 saturated heterocycles. The minimum absolute atomic E-state index is 0.0595. The molecule has 0 radical (unpaired) electrons. The van der Waals surface area contributed by atoms with Gasteiger partial charge in [0.1, 0.15) is 0 Å². The number of nitrogens with one attached hydrogen (secondary N) is 8. The molecule has 8 amide bonds. The van der Waals surface area contributed by atoms with Gasteiger partial charge in [-0.2, -0.15) is 0 Å². The molecule has 0 aliphatic rings. The third kappa shape index (κ3) is 11.4. The molecule has 8 N–H and O–H groups in total. The summed E-state index contributed by atoms with van der Waals surface area (Å²) >= 11 is 0. The van der Waals surface area contributed by atoms with E-state index in [9.17, 15) is 38.4 Å². The molecule has 0 bridgehead atoms. The number of para-hydroxylation sites is 2. The third-order valence-electron chi connectivity index (χ3n) is 5.95. The van der Waals surface area contributed by atoms with E-state index in [1.54, 1.807) is 36.4 Å². The van der Waals surface area contributed by atoms with Crippen LogP contribution in [0.5, 0.6) is 11.5 Å². The van der Waals surface area contributed by atoms with E-state index in [2.05, 4.69) is 40.7 Å². The van der Waals surface area contributed by atoms with Gasteiger partial charge in [-0.3, -0.25) is 0 Å². The fraction of sp³-hybridized carbons (Fsp3) is 0.286. The number of carbonyl (C=O) groups excluding carboxylic acids is 8. The Morgan fingerprint density at radius 1 is 0.429 bits per heavy atom. The van der Waals surface area contributed by atoms with E-state index in [0.717, 1.165) is 0 Å². The zero-order valence-corrected chi connectivity index (χ0v) is 32.0. The number of ether oxygens (including phenoxy) is 1. The van der Waals surface area contributed by atoms with Crippen molar-refractivity contribution in [2.75, 3.05) is 0 Å². The predicted octanol–water partition coefficient (Wildman–Crippen LogP) is 1.43. The van der Waals surface area contributed by atoms with Gasteiger partial charge < -0.3 is 0 Å². The fourth-order valence-corrected chi connectivity index (χ4v) is 21.7. The van der Waals surface area contributed by atoms with Crippen LogP contribution >= 0.6 is 30.3 Å². The number of amides is 8. The molecular weight excluding hydrogens is 716 g/mol. The van der Waals surface area contributed by atoms with Gasteiger partial charge >= 0.3 is 287 Å². The molecule has 2 aromatic carbocycles. The molecule has 0 spiro atoms. The van der Waals surface area contributed by atoms with Gasteiger partial charge in [0.2, 0.25) is 0 Å². The Balaban J connectivity index is 3.04. The number of hydrogen-bond donors (Lipinski definition) is 8. The summed E-state index contributed by atoms with van der Waals surface area (Å²) in [5.41, 5.74) is 0. The number of hydrogen-bond acceptors (Lipinski definition) is 9. The normalized spacial score (nSPS) is 11.7. The molecule has 0 atom stereocenters. The number of benzene rings is 2. The van der Waals surface area contributed by atoms with Crippen LogP contribution in [0.2, 0.25) is 0 Å². The average Bonchev–Trinajstić information content (AvgIpc) is 2.94. The first kappa shape index (κ1) is 40.9. The summed E-state index contributed by atoms with van der Waals surface area (Å²) in [5, 5.41) is 22.5. The van der Waals surface area contributed by atoms with Gasteiger partial charge in [0.25, 0.3) is 0 Å². The summed E-state index contributed by atoms with van der Waals surface area (Å²) in [5.74, 6) is -4.44. The molecule has 0 fully saturated rings. The van der Waals surface area contributed by atoms with Gasteiger partial charge in [-0.05, 0) is 0 Å². The molecule has 0 heterocycles. The quantitative estimate of drug-likeness (QED) is 0.130. The van der Waals surface area contributed by atoms with Crippen molar-refractivity contribution in [1.29, 1.82) is 0 Å². The van der Waals surface area contributed by atoms with Gasteiger partial charge in [-0.25, -0.2) is 0 Å². The fourth-order valence-electron chi connectivity index (χ4n) is 4.66. The molecule has 21 heteroatoms. The first-order chi connectivity index (χ1) is 22.8. The van der Waals surface area contributed by atoms with E-state index in [0.29, 0.717) is 0 Å². The molecule has 0 aromatic heterocycles. The van der Waals surface area contributed by atoms with Crippen LogP contribution in [-0.4, -0.2) is 47.3 Å². The first-order valence-corrected chi connectivity index (χ1v) is 22.9. The Morgan fingerprint density at radius 2 is 0.673 bits per heavy atom. The maximum absolute atomic E-state index is 12.8. The van der Waals surface area contributed by atoms with Crippen molar-refractivity contribution >= 4 is 88.2 Å². The Kier molecular flexibility index (Phi) is 15.0. The molecular formula is C28H42N8O9P4. The van der Waals surface area contributed by atoms with Crippen molar-refractivity contribution in [3.63, 3.8) is 0 Å². The van der Waals surface area contributed by atoms with Crippen molar-refractivity contribution in [1.82, 2.24) is 40.7 Å². The summed E-state index contributed by atoms with van der Waals surface area (Å²) < 4.78 is 6.53. The van der Waals surface area contributed by atoms with Crippen LogP contribution in [-0.2, 0) is 38.4 Å². The van der Waals surface area contributed by atoms with Crippen LogP contribution in [0.25, 0.3) is 0 Å². The van der Waals surface area contributed by atoms with E-state index in [1.165, 1.54) is 67.5 Å². The van der Waals surface area contributed by atoms with Gasteiger partial charge in [0.15, 0.2) is 0 Å². The molecule has 268 valence electrons. The molecule has 0 saturated carbocycles. The number of carbonyl (C=O) groups is 8. The van der Waals surface area contributed by atoms with Crippen LogP contribution in [0.15, 0.2) is 48.5 Å². The van der Waals surface area contributed by atoms with Crippen molar-refractivity contribution in [2.24, 2.45) is 0 Å². The zero-order chi connectivity index (χ0) is 37.1. The first-order valence-electron chi connectivity index (χ1n) is 14.5. The van der Waals surface area contributed by atoms with Crippen LogP contribution in [0.1, 0.15) is 55.4 Å². The minimum atomic E-state index is -4.09. The zero-order valence-electron chi connectivity index (χ0n) is 28.2. The predicted molar refractivity (Wildman–Crippen MR) is 193 cm³/mol. The second-order valence-corrected chi connectivity index (χ2v) is 24.4. The van der Waals surface area contributed by atoms with Crippen molar-refractivity contribution < 1.29 is 43.1 Å². The van der Waals surface area contributed by atoms with E-state index in [1.807, 2.05) is 0 Å². The van der Waals surface area contributed by atoms with Crippen LogP contribution in [0.3, 0.4) is 0 Å². The van der Waals surface area contributed by atoms with E-state index in [-0.39, 0.29) is 22.1 Å². The van der Waals surface area contributed by atoms with Crippen molar-refractivity contribution in [2.45, 2.75) is 55.4 Å². The summed E-state index contributed by atoms with van der Waals surface area (Å²) in [6.07, 6.45) is 0. The second-order valence-electron chi connectivity index (χ2n) is 10.6. The Bertz CT molecular complexity index is 1460. The van der Waals surface area contributed by atoms with Gasteiger partial charge in [0.05, 0.1) is 0 Å². The van der Waals surface area contributed by atoms with Crippen molar-refractivity contribution in [3.8, 4) is 11.5 Å². The maximum atomic E-state index is 12.8. The molecule has 49 heavy (non-hydrogen) atoms. The Morgan fingerprint density at radius 3 is 0.898 bits per heavy atom. The Labute approximate surface area is 287 Å². The Hall–Kier alpha value is -4.28. The van der Waals surface area contributed by atoms with Crippen LogP contribution < -0.4 is 56.0 Å². The van der Waals surface area contributed by atoms with E-state index in [4.69, 9.17) is 4.74 Å². The number of rotatable bonds is 14. The monoisotopic (exact) mass is 758 g/mol. The molecule has 0 aliphatic carbocycles. The summed E-state index contributed by atoms with van der Waals surface area (Å²) in [6, 6.07) is 12.6. The van der Waals surface area contributed by atoms with Crippen molar-refractivity contribution in [3.05, 3.63) is 48.5 Å².